The number of carboxylic acid groups (broad SMARTS) is 1. The van der Waals surface area contributed by atoms with Crippen LogP contribution in [0.1, 0.15) is 44.1 Å². The first-order valence-corrected chi connectivity index (χ1v) is 14.2. The van der Waals surface area contributed by atoms with E-state index in [4.69, 9.17) is 16.9 Å². The van der Waals surface area contributed by atoms with Crippen LogP contribution in [0.2, 0.25) is 0 Å². The number of aromatic hydroxyl groups is 1. The van der Waals surface area contributed by atoms with Crippen LogP contribution < -0.4 is 43.4 Å². The van der Waals surface area contributed by atoms with Gasteiger partial charge in [-0.05, 0) is 56.3 Å². The fraction of sp³-hybridized carbons (Fsp3) is 0.519. The molecule has 0 spiro atoms. The highest BCUT2D eigenvalue weighted by atomic mass is 16.4. The topological polar surface area (TPSA) is 291 Å². The number of phenols is 1. The Morgan fingerprint density at radius 1 is 0.841 bits per heavy atom. The van der Waals surface area contributed by atoms with Gasteiger partial charge in [-0.15, -0.1) is 0 Å². The summed E-state index contributed by atoms with van der Waals surface area (Å²) in [6, 6.07) is 0.616. The number of carbonyl (C=O) groups is 6. The van der Waals surface area contributed by atoms with Crippen LogP contribution in [0.25, 0.3) is 0 Å². The van der Waals surface area contributed by atoms with E-state index in [2.05, 4.69) is 31.9 Å². The van der Waals surface area contributed by atoms with E-state index in [1.165, 1.54) is 24.3 Å². The van der Waals surface area contributed by atoms with E-state index in [9.17, 15) is 39.0 Å². The molecule has 4 atom stereocenters. The minimum atomic E-state index is -1.59. The number of nitrogens with two attached hydrogens (primary N) is 2. The largest absolute Gasteiger partial charge is 0.508 e. The van der Waals surface area contributed by atoms with Gasteiger partial charge in [0.15, 0.2) is 5.96 Å². The SMILES string of the molecule is N=C(N)NCCC[C@@H]1NC(=O)[C@H](CCCCN)NC(=O)[C@@H](Cc2ccc(O)cc2)NC(=O)[C@H](CC(=O)O)NC(=O)CNC1=O. The van der Waals surface area contributed by atoms with Gasteiger partial charge >= 0.3 is 5.97 Å². The van der Waals surface area contributed by atoms with E-state index in [0.717, 1.165) is 0 Å². The molecule has 1 heterocycles. The van der Waals surface area contributed by atoms with Gasteiger partial charge in [0.25, 0.3) is 0 Å². The van der Waals surface area contributed by atoms with Crippen molar-refractivity contribution in [2.24, 2.45) is 11.5 Å². The predicted molar refractivity (Wildman–Crippen MR) is 157 cm³/mol. The molecule has 0 radical (unpaired) electrons. The second-order valence-electron chi connectivity index (χ2n) is 10.3. The summed E-state index contributed by atoms with van der Waals surface area (Å²) in [5.41, 5.74) is 11.4. The Bertz CT molecular complexity index is 1190. The first kappa shape index (κ1) is 35.3. The lowest BCUT2D eigenvalue weighted by atomic mass is 10.0. The molecular formula is C27H41N9O8. The first-order chi connectivity index (χ1) is 20.9. The van der Waals surface area contributed by atoms with E-state index in [-0.39, 0.29) is 37.5 Å². The molecule has 17 nitrogen and oxygen atoms in total. The van der Waals surface area contributed by atoms with E-state index in [1.807, 2.05) is 0 Å². The summed E-state index contributed by atoms with van der Waals surface area (Å²) in [5, 5.41) is 41.2. The number of carboxylic acids is 1. The van der Waals surface area contributed by atoms with Gasteiger partial charge in [-0.3, -0.25) is 34.2 Å². The molecule has 1 fully saturated rings. The second-order valence-corrected chi connectivity index (χ2v) is 10.3. The van der Waals surface area contributed by atoms with Crippen molar-refractivity contribution in [3.05, 3.63) is 29.8 Å². The Labute approximate surface area is 253 Å². The number of nitrogens with one attached hydrogen (secondary N) is 7. The molecular weight excluding hydrogens is 578 g/mol. The van der Waals surface area contributed by atoms with Crippen LogP contribution in [0.4, 0.5) is 0 Å². The summed E-state index contributed by atoms with van der Waals surface area (Å²) < 4.78 is 0. The first-order valence-electron chi connectivity index (χ1n) is 14.2. The van der Waals surface area contributed by atoms with Gasteiger partial charge < -0.3 is 53.6 Å². The van der Waals surface area contributed by atoms with E-state index in [1.54, 1.807) is 0 Å². The lowest BCUT2D eigenvalue weighted by Gasteiger charge is -2.26. The third-order valence-electron chi connectivity index (χ3n) is 6.66. The molecule has 2 rings (SSSR count). The number of amides is 5. The zero-order valence-corrected chi connectivity index (χ0v) is 24.2. The van der Waals surface area contributed by atoms with Crippen LogP contribution in [0.3, 0.4) is 0 Å². The van der Waals surface area contributed by atoms with Gasteiger partial charge in [0.1, 0.15) is 29.9 Å². The van der Waals surface area contributed by atoms with Crippen LogP contribution >= 0.6 is 0 Å². The molecule has 1 aliphatic rings. The molecule has 0 unspecified atom stereocenters. The Morgan fingerprint density at radius 3 is 2.02 bits per heavy atom. The Morgan fingerprint density at radius 2 is 1.41 bits per heavy atom. The molecule has 44 heavy (non-hydrogen) atoms. The standard InChI is InChI=1S/C27H41N9O8/c28-10-2-1-4-18-24(42)34-17(5-3-11-31-27(29)30)23(41)32-14-21(38)33-20(13-22(39)40)26(44)36-19(25(43)35-18)12-15-6-8-16(37)9-7-15/h6-9,17-20,37H,1-5,10-14,28H2,(H,32,41)(H,33,38)(H,34,42)(H,35,43)(H,36,44)(H,39,40)(H4,29,30,31)/t17-,18-,19+,20-/m0/s1. The molecule has 1 aromatic rings. The van der Waals surface area contributed by atoms with Gasteiger partial charge in [0.05, 0.1) is 13.0 Å². The molecule has 1 aliphatic heterocycles. The predicted octanol–water partition coefficient (Wildman–Crippen LogP) is -3.13. The van der Waals surface area contributed by atoms with Crippen molar-refractivity contribution in [2.75, 3.05) is 19.6 Å². The summed E-state index contributed by atoms with van der Waals surface area (Å²) in [6.07, 6.45) is 0.592. The van der Waals surface area contributed by atoms with Crippen molar-refractivity contribution in [1.29, 1.82) is 5.41 Å². The fourth-order valence-electron chi connectivity index (χ4n) is 4.37. The smallest absolute Gasteiger partial charge is 0.305 e. The minimum Gasteiger partial charge on any atom is -0.508 e. The van der Waals surface area contributed by atoms with Crippen molar-refractivity contribution in [3.63, 3.8) is 0 Å². The second kappa shape index (κ2) is 17.9. The van der Waals surface area contributed by atoms with Gasteiger partial charge in [-0.2, -0.15) is 0 Å². The highest BCUT2D eigenvalue weighted by Crippen LogP contribution is 2.13. The minimum absolute atomic E-state index is 0.0278. The lowest BCUT2D eigenvalue weighted by Crippen LogP contribution is -2.58. The maximum absolute atomic E-state index is 13.6. The monoisotopic (exact) mass is 619 g/mol. The Kier molecular flexibility index (Phi) is 14.3. The van der Waals surface area contributed by atoms with Gasteiger partial charge in [-0.25, -0.2) is 0 Å². The maximum atomic E-state index is 13.6. The molecule has 242 valence electrons. The van der Waals surface area contributed by atoms with Crippen molar-refractivity contribution in [2.45, 2.75) is 69.1 Å². The highest BCUT2D eigenvalue weighted by molar-refractivity contribution is 5.98. The molecule has 1 saturated heterocycles. The van der Waals surface area contributed by atoms with Gasteiger partial charge in [-0.1, -0.05) is 12.1 Å². The molecule has 0 saturated carbocycles. The van der Waals surface area contributed by atoms with Crippen LogP contribution in [0, 0.1) is 5.41 Å². The molecule has 1 aromatic carbocycles. The Hall–Kier alpha value is -4.93. The molecule has 0 aromatic heterocycles. The van der Waals surface area contributed by atoms with Crippen molar-refractivity contribution in [3.8, 4) is 5.75 Å². The average molecular weight is 620 g/mol. The highest BCUT2D eigenvalue weighted by Gasteiger charge is 2.33. The fourth-order valence-corrected chi connectivity index (χ4v) is 4.37. The number of phenolic OH excluding ortho intramolecular Hbond substituents is 1. The summed E-state index contributed by atoms with van der Waals surface area (Å²) in [7, 11) is 0. The van der Waals surface area contributed by atoms with Gasteiger partial charge in [0, 0.05) is 13.0 Å². The number of hydrogen-bond acceptors (Lipinski definition) is 9. The zero-order valence-electron chi connectivity index (χ0n) is 24.2. The number of aliphatic carboxylic acids is 1. The molecule has 5 amide bonds. The summed E-state index contributed by atoms with van der Waals surface area (Å²) in [4.78, 5) is 77.3. The number of carbonyl (C=O) groups excluding carboxylic acids is 5. The van der Waals surface area contributed by atoms with E-state index < -0.39 is 72.6 Å². The van der Waals surface area contributed by atoms with Crippen LogP contribution in [0.5, 0.6) is 5.75 Å². The third kappa shape index (κ3) is 12.5. The number of rotatable bonds is 12. The van der Waals surface area contributed by atoms with Crippen molar-refractivity contribution < 1.29 is 39.0 Å². The van der Waals surface area contributed by atoms with Gasteiger partial charge in [0.2, 0.25) is 29.5 Å². The van der Waals surface area contributed by atoms with Crippen LogP contribution in [-0.4, -0.2) is 95.5 Å². The number of benzene rings is 1. The van der Waals surface area contributed by atoms with Crippen molar-refractivity contribution in [1.82, 2.24) is 31.9 Å². The van der Waals surface area contributed by atoms with E-state index in [0.29, 0.717) is 31.4 Å². The summed E-state index contributed by atoms with van der Waals surface area (Å²) >= 11 is 0. The normalized spacial score (nSPS) is 21.8. The summed E-state index contributed by atoms with van der Waals surface area (Å²) in [5.74, 6) is -5.75. The molecule has 0 bridgehead atoms. The molecule has 0 aliphatic carbocycles. The Balaban J connectivity index is 2.44. The molecule has 17 heteroatoms. The maximum Gasteiger partial charge on any atom is 0.305 e. The third-order valence-corrected chi connectivity index (χ3v) is 6.66. The van der Waals surface area contributed by atoms with Crippen molar-refractivity contribution >= 4 is 41.5 Å². The van der Waals surface area contributed by atoms with E-state index >= 15 is 0 Å². The lowest BCUT2D eigenvalue weighted by molar-refractivity contribution is -0.141. The summed E-state index contributed by atoms with van der Waals surface area (Å²) in [6.45, 7) is -0.0773. The number of unbranched alkanes of at least 4 members (excludes halogenated alkanes) is 1. The number of hydrogen-bond donors (Lipinski definition) is 11. The number of guanidine groups is 1. The molecule has 13 N–H and O–H groups in total. The van der Waals surface area contributed by atoms with Crippen LogP contribution in [-0.2, 0) is 35.2 Å². The quantitative estimate of drug-likeness (QED) is 0.0631. The zero-order chi connectivity index (χ0) is 32.6. The van der Waals surface area contributed by atoms with Crippen LogP contribution in [0.15, 0.2) is 24.3 Å². The average Bonchev–Trinajstić information content (AvgIpc) is 2.96.